The van der Waals surface area contributed by atoms with E-state index in [0.717, 1.165) is 26.2 Å². The second kappa shape index (κ2) is 7.24. The van der Waals surface area contributed by atoms with Gasteiger partial charge in [-0.15, -0.1) is 0 Å². The average Bonchev–Trinajstić information content (AvgIpc) is 2.46. The van der Waals surface area contributed by atoms with Gasteiger partial charge in [0.05, 0.1) is 6.61 Å². The number of carbonyl (C=O) groups is 1. The summed E-state index contributed by atoms with van der Waals surface area (Å²) in [6, 6.07) is 5.92. The Bertz CT molecular complexity index is 428. The lowest BCUT2D eigenvalue weighted by molar-refractivity contribution is -0.133. The highest BCUT2D eigenvalue weighted by atomic mass is 19.1. The van der Waals surface area contributed by atoms with Crippen molar-refractivity contribution in [2.24, 2.45) is 0 Å². The molecule has 2 rings (SSSR count). The van der Waals surface area contributed by atoms with Gasteiger partial charge in [-0.1, -0.05) is 0 Å². The normalized spacial score (nSPS) is 16.2. The fourth-order valence-corrected chi connectivity index (χ4v) is 2.16. The van der Waals surface area contributed by atoms with Crippen molar-refractivity contribution in [3.05, 3.63) is 30.1 Å². The van der Waals surface area contributed by atoms with Crippen molar-refractivity contribution < 1.29 is 13.9 Å². The monoisotopic (exact) mass is 280 g/mol. The van der Waals surface area contributed by atoms with Gasteiger partial charge in [-0.25, -0.2) is 4.39 Å². The lowest BCUT2D eigenvalue weighted by Gasteiger charge is -2.32. The molecule has 4 nitrogen and oxygen atoms in total. The lowest BCUT2D eigenvalue weighted by atomic mass is 10.2. The number of amides is 1. The quantitative estimate of drug-likeness (QED) is 0.771. The van der Waals surface area contributed by atoms with Crippen molar-refractivity contribution in [3.63, 3.8) is 0 Å². The minimum absolute atomic E-state index is 0.195. The van der Waals surface area contributed by atoms with Gasteiger partial charge in [0.1, 0.15) is 11.6 Å². The zero-order valence-corrected chi connectivity index (χ0v) is 11.8. The zero-order chi connectivity index (χ0) is 14.4. The fourth-order valence-electron chi connectivity index (χ4n) is 2.16. The van der Waals surface area contributed by atoms with E-state index in [-0.39, 0.29) is 11.7 Å². The van der Waals surface area contributed by atoms with Gasteiger partial charge in [-0.3, -0.25) is 4.79 Å². The first-order chi connectivity index (χ1) is 9.65. The van der Waals surface area contributed by atoms with Gasteiger partial charge in [0, 0.05) is 32.6 Å². The van der Waals surface area contributed by atoms with E-state index in [1.165, 1.54) is 12.1 Å². The molecular weight excluding hydrogens is 259 g/mol. The summed E-state index contributed by atoms with van der Waals surface area (Å²) in [5.41, 5.74) is 0. The van der Waals surface area contributed by atoms with Crippen molar-refractivity contribution in [2.75, 3.05) is 39.8 Å². The second-order valence-electron chi connectivity index (χ2n) is 5.09. The van der Waals surface area contributed by atoms with E-state index in [9.17, 15) is 9.18 Å². The average molecular weight is 280 g/mol. The first kappa shape index (κ1) is 14.8. The first-order valence-corrected chi connectivity index (χ1v) is 7.00. The molecule has 1 aromatic carbocycles. The van der Waals surface area contributed by atoms with Crippen molar-refractivity contribution in [1.82, 2.24) is 9.80 Å². The molecule has 0 aliphatic carbocycles. The van der Waals surface area contributed by atoms with Crippen molar-refractivity contribution in [3.8, 4) is 5.75 Å². The lowest BCUT2D eigenvalue weighted by Crippen LogP contribution is -2.47. The third-order valence-electron chi connectivity index (χ3n) is 3.47. The van der Waals surface area contributed by atoms with E-state index in [4.69, 9.17) is 4.74 Å². The molecule has 0 unspecified atom stereocenters. The summed E-state index contributed by atoms with van der Waals surface area (Å²) < 4.78 is 18.2. The number of piperazine rings is 1. The van der Waals surface area contributed by atoms with E-state index >= 15 is 0 Å². The predicted octanol–water partition coefficient (Wildman–Crippen LogP) is 1.76. The third-order valence-corrected chi connectivity index (χ3v) is 3.47. The Labute approximate surface area is 119 Å². The molecule has 1 fully saturated rings. The predicted molar refractivity (Wildman–Crippen MR) is 75.2 cm³/mol. The SMILES string of the molecule is CN1CCN(C(=O)CCCOc2ccc(F)cc2)CC1. The smallest absolute Gasteiger partial charge is 0.222 e. The van der Waals surface area contributed by atoms with Crippen LogP contribution < -0.4 is 4.74 Å². The van der Waals surface area contributed by atoms with E-state index < -0.39 is 0 Å². The van der Waals surface area contributed by atoms with E-state index in [2.05, 4.69) is 11.9 Å². The molecule has 0 saturated carbocycles. The van der Waals surface area contributed by atoms with Gasteiger partial charge in [0.15, 0.2) is 0 Å². The topological polar surface area (TPSA) is 32.8 Å². The first-order valence-electron chi connectivity index (χ1n) is 7.00. The molecule has 20 heavy (non-hydrogen) atoms. The van der Waals surface area contributed by atoms with E-state index in [0.29, 0.717) is 25.2 Å². The third kappa shape index (κ3) is 4.49. The molecule has 1 heterocycles. The molecule has 1 amide bonds. The van der Waals surface area contributed by atoms with Gasteiger partial charge < -0.3 is 14.5 Å². The molecule has 0 radical (unpaired) electrons. The van der Waals surface area contributed by atoms with Crippen molar-refractivity contribution in [2.45, 2.75) is 12.8 Å². The van der Waals surface area contributed by atoms with Crippen LogP contribution in [-0.2, 0) is 4.79 Å². The van der Waals surface area contributed by atoms with Crippen LogP contribution in [0.2, 0.25) is 0 Å². The maximum Gasteiger partial charge on any atom is 0.222 e. The molecule has 0 bridgehead atoms. The summed E-state index contributed by atoms with van der Waals surface area (Å²) in [7, 11) is 2.07. The second-order valence-corrected chi connectivity index (χ2v) is 5.09. The molecule has 1 saturated heterocycles. The number of hydrogen-bond donors (Lipinski definition) is 0. The summed E-state index contributed by atoms with van der Waals surface area (Å²) in [5.74, 6) is 0.557. The van der Waals surface area contributed by atoms with Crippen LogP contribution in [0.25, 0.3) is 0 Å². The van der Waals surface area contributed by atoms with Crippen LogP contribution in [0.15, 0.2) is 24.3 Å². The van der Waals surface area contributed by atoms with Crippen LogP contribution in [0.5, 0.6) is 5.75 Å². The molecule has 110 valence electrons. The van der Waals surface area contributed by atoms with Crippen molar-refractivity contribution >= 4 is 5.91 Å². The van der Waals surface area contributed by atoms with Crippen molar-refractivity contribution in [1.29, 1.82) is 0 Å². The Balaban J connectivity index is 1.63. The largest absolute Gasteiger partial charge is 0.494 e. The highest BCUT2D eigenvalue weighted by Crippen LogP contribution is 2.12. The Morgan fingerprint density at radius 2 is 1.85 bits per heavy atom. The molecule has 0 spiro atoms. The minimum Gasteiger partial charge on any atom is -0.494 e. The van der Waals surface area contributed by atoms with Crippen LogP contribution in [0.3, 0.4) is 0 Å². The fraction of sp³-hybridized carbons (Fsp3) is 0.533. The molecule has 1 aliphatic heterocycles. The molecule has 1 aromatic rings. The maximum atomic E-state index is 12.7. The molecule has 1 aliphatic rings. The summed E-state index contributed by atoms with van der Waals surface area (Å²) in [4.78, 5) is 16.1. The van der Waals surface area contributed by atoms with Crippen LogP contribution in [0, 0.1) is 5.82 Å². The van der Waals surface area contributed by atoms with E-state index in [1.807, 2.05) is 4.90 Å². The van der Waals surface area contributed by atoms with Gasteiger partial charge in [-0.2, -0.15) is 0 Å². The Hall–Kier alpha value is -1.62. The standard InChI is InChI=1S/C15H21FN2O2/c1-17-8-10-18(11-9-17)15(19)3-2-12-20-14-6-4-13(16)5-7-14/h4-7H,2-3,8-12H2,1H3. The number of nitrogens with zero attached hydrogens (tertiary/aromatic N) is 2. The Morgan fingerprint density at radius 3 is 2.50 bits per heavy atom. The number of rotatable bonds is 5. The minimum atomic E-state index is -0.275. The van der Waals surface area contributed by atoms with Crippen LogP contribution in [0.1, 0.15) is 12.8 Å². The number of benzene rings is 1. The summed E-state index contributed by atoms with van der Waals surface area (Å²) >= 11 is 0. The number of halogens is 1. The molecular formula is C15H21FN2O2. The molecule has 5 heteroatoms. The number of likely N-dealkylation sites (N-methyl/N-ethyl adjacent to an activating group) is 1. The van der Waals surface area contributed by atoms with Gasteiger partial charge >= 0.3 is 0 Å². The molecule has 0 aromatic heterocycles. The maximum absolute atomic E-state index is 12.7. The highest BCUT2D eigenvalue weighted by Gasteiger charge is 2.18. The number of ether oxygens (including phenoxy) is 1. The summed E-state index contributed by atoms with van der Waals surface area (Å²) in [6.07, 6.45) is 1.19. The Morgan fingerprint density at radius 1 is 1.20 bits per heavy atom. The van der Waals surface area contributed by atoms with Crippen LogP contribution >= 0.6 is 0 Å². The highest BCUT2D eigenvalue weighted by molar-refractivity contribution is 5.76. The number of carbonyl (C=O) groups excluding carboxylic acids is 1. The molecule has 0 atom stereocenters. The van der Waals surface area contributed by atoms with Crippen LogP contribution in [0.4, 0.5) is 4.39 Å². The zero-order valence-electron chi connectivity index (χ0n) is 11.8. The van der Waals surface area contributed by atoms with Crippen LogP contribution in [-0.4, -0.2) is 55.5 Å². The number of hydrogen-bond acceptors (Lipinski definition) is 3. The summed E-state index contributed by atoms with van der Waals surface area (Å²) in [6.45, 7) is 3.99. The molecule has 0 N–H and O–H groups in total. The van der Waals surface area contributed by atoms with Gasteiger partial charge in [-0.05, 0) is 37.7 Å². The summed E-state index contributed by atoms with van der Waals surface area (Å²) in [5, 5.41) is 0. The Kier molecular flexibility index (Phi) is 5.35. The van der Waals surface area contributed by atoms with Gasteiger partial charge in [0.2, 0.25) is 5.91 Å². The van der Waals surface area contributed by atoms with E-state index in [1.54, 1.807) is 12.1 Å². The van der Waals surface area contributed by atoms with Gasteiger partial charge in [0.25, 0.3) is 0 Å².